The highest BCUT2D eigenvalue weighted by Crippen LogP contribution is 2.36. The van der Waals surface area contributed by atoms with Gasteiger partial charge in [0.2, 0.25) is 0 Å². The minimum Gasteiger partial charge on any atom is -0.399 e. The van der Waals surface area contributed by atoms with E-state index >= 15 is 0 Å². The van der Waals surface area contributed by atoms with Gasteiger partial charge in [0.15, 0.2) is 0 Å². The lowest BCUT2D eigenvalue weighted by Crippen LogP contribution is -2.35. The summed E-state index contributed by atoms with van der Waals surface area (Å²) in [5.74, 6) is 0.909. The molecule has 0 atom stereocenters. The van der Waals surface area contributed by atoms with Crippen LogP contribution >= 0.6 is 23.1 Å². The SMILES string of the molecule is Nc1ccc2c(c1)N(C(=O)c1cncs1)CCS2. The van der Waals surface area contributed by atoms with E-state index in [0.717, 1.165) is 16.3 Å². The zero-order chi connectivity index (χ0) is 12.5. The number of thioether (sulfide) groups is 1. The summed E-state index contributed by atoms with van der Waals surface area (Å²) >= 11 is 3.12. The van der Waals surface area contributed by atoms with Gasteiger partial charge in [-0.25, -0.2) is 0 Å². The van der Waals surface area contributed by atoms with E-state index in [4.69, 9.17) is 5.73 Å². The topological polar surface area (TPSA) is 59.2 Å². The van der Waals surface area contributed by atoms with E-state index in [0.29, 0.717) is 17.1 Å². The van der Waals surface area contributed by atoms with Crippen molar-refractivity contribution in [3.8, 4) is 0 Å². The Morgan fingerprint density at radius 2 is 2.33 bits per heavy atom. The molecule has 0 unspecified atom stereocenters. The Labute approximate surface area is 113 Å². The van der Waals surface area contributed by atoms with Gasteiger partial charge in [0.25, 0.3) is 5.91 Å². The highest BCUT2D eigenvalue weighted by atomic mass is 32.2. The Morgan fingerprint density at radius 3 is 3.11 bits per heavy atom. The lowest BCUT2D eigenvalue weighted by atomic mass is 10.2. The second kappa shape index (κ2) is 4.62. The monoisotopic (exact) mass is 277 g/mol. The molecule has 0 saturated carbocycles. The van der Waals surface area contributed by atoms with Gasteiger partial charge in [-0.05, 0) is 18.2 Å². The molecule has 4 nitrogen and oxygen atoms in total. The molecule has 0 bridgehead atoms. The van der Waals surface area contributed by atoms with Gasteiger partial charge in [0.05, 0.1) is 17.4 Å². The van der Waals surface area contributed by atoms with Gasteiger partial charge in [0, 0.05) is 22.9 Å². The van der Waals surface area contributed by atoms with Gasteiger partial charge in [0.1, 0.15) is 4.88 Å². The zero-order valence-corrected chi connectivity index (χ0v) is 11.1. The number of fused-ring (bicyclic) bond motifs is 1. The zero-order valence-electron chi connectivity index (χ0n) is 9.50. The Kier molecular flexibility index (Phi) is 2.97. The number of hydrogen-bond acceptors (Lipinski definition) is 5. The molecule has 6 heteroatoms. The molecular weight excluding hydrogens is 266 g/mol. The van der Waals surface area contributed by atoms with Crippen molar-refractivity contribution in [1.82, 2.24) is 4.98 Å². The van der Waals surface area contributed by atoms with Gasteiger partial charge in [-0.3, -0.25) is 9.78 Å². The fraction of sp³-hybridized carbons (Fsp3) is 0.167. The number of benzene rings is 1. The lowest BCUT2D eigenvalue weighted by molar-refractivity contribution is 0.0991. The second-order valence-electron chi connectivity index (χ2n) is 3.90. The van der Waals surface area contributed by atoms with E-state index in [1.165, 1.54) is 11.3 Å². The molecule has 0 radical (unpaired) electrons. The van der Waals surface area contributed by atoms with Crippen molar-refractivity contribution in [3.05, 3.63) is 34.8 Å². The van der Waals surface area contributed by atoms with E-state index in [1.54, 1.807) is 28.4 Å². The number of anilines is 2. The number of thiazole rings is 1. The standard InChI is InChI=1S/C12H11N3OS2/c13-8-1-2-10-9(5-8)15(3-4-17-10)12(16)11-6-14-7-18-11/h1-2,5-7H,3-4,13H2. The van der Waals surface area contributed by atoms with Crippen LogP contribution in [0.2, 0.25) is 0 Å². The third kappa shape index (κ3) is 1.97. The van der Waals surface area contributed by atoms with Crippen molar-refractivity contribution >= 4 is 40.4 Å². The summed E-state index contributed by atoms with van der Waals surface area (Å²) in [5.41, 5.74) is 9.06. The van der Waals surface area contributed by atoms with Crippen molar-refractivity contribution in [2.45, 2.75) is 4.90 Å². The molecule has 92 valence electrons. The first-order valence-electron chi connectivity index (χ1n) is 5.48. The maximum Gasteiger partial charge on any atom is 0.270 e. The third-order valence-corrected chi connectivity index (χ3v) is 4.54. The molecule has 2 aromatic rings. The van der Waals surface area contributed by atoms with Crippen molar-refractivity contribution in [3.63, 3.8) is 0 Å². The molecule has 18 heavy (non-hydrogen) atoms. The van der Waals surface area contributed by atoms with Crippen molar-refractivity contribution in [2.75, 3.05) is 22.9 Å². The second-order valence-corrected chi connectivity index (χ2v) is 5.92. The first kappa shape index (κ1) is 11.6. The van der Waals surface area contributed by atoms with Crippen LogP contribution in [-0.2, 0) is 0 Å². The molecule has 0 fully saturated rings. The van der Waals surface area contributed by atoms with Crippen LogP contribution < -0.4 is 10.6 Å². The summed E-state index contributed by atoms with van der Waals surface area (Å²) in [4.78, 5) is 19.9. The molecular formula is C12H11N3OS2. The number of carbonyl (C=O) groups excluding carboxylic acids is 1. The highest BCUT2D eigenvalue weighted by Gasteiger charge is 2.24. The Balaban J connectivity index is 2.01. The number of aromatic nitrogens is 1. The predicted octanol–water partition coefficient (Wildman–Crippen LogP) is 2.48. The largest absolute Gasteiger partial charge is 0.399 e. The average Bonchev–Trinajstić information content (AvgIpc) is 2.91. The lowest BCUT2D eigenvalue weighted by Gasteiger charge is -2.28. The fourth-order valence-electron chi connectivity index (χ4n) is 1.90. The summed E-state index contributed by atoms with van der Waals surface area (Å²) in [7, 11) is 0. The van der Waals surface area contributed by atoms with E-state index in [-0.39, 0.29) is 5.91 Å². The number of hydrogen-bond donors (Lipinski definition) is 1. The molecule has 1 aliphatic heterocycles. The van der Waals surface area contributed by atoms with Gasteiger partial charge in [-0.15, -0.1) is 23.1 Å². The molecule has 2 heterocycles. The Bertz CT molecular complexity index is 583. The quantitative estimate of drug-likeness (QED) is 0.814. The van der Waals surface area contributed by atoms with Gasteiger partial charge >= 0.3 is 0 Å². The van der Waals surface area contributed by atoms with Crippen LogP contribution in [0, 0.1) is 0 Å². The van der Waals surface area contributed by atoms with Crippen LogP contribution in [-0.4, -0.2) is 23.2 Å². The van der Waals surface area contributed by atoms with Crippen LogP contribution in [0.25, 0.3) is 0 Å². The number of nitrogen functional groups attached to an aromatic ring is 1. The average molecular weight is 277 g/mol. The van der Waals surface area contributed by atoms with E-state index in [2.05, 4.69) is 4.98 Å². The van der Waals surface area contributed by atoms with E-state index in [1.807, 2.05) is 18.2 Å². The summed E-state index contributed by atoms with van der Waals surface area (Å²) in [5, 5.41) is 0. The van der Waals surface area contributed by atoms with Crippen molar-refractivity contribution in [2.24, 2.45) is 0 Å². The Hall–Kier alpha value is -1.53. The third-order valence-electron chi connectivity index (χ3n) is 2.73. The fourth-order valence-corrected chi connectivity index (χ4v) is 3.44. The number of nitrogens with two attached hydrogens (primary N) is 1. The summed E-state index contributed by atoms with van der Waals surface area (Å²) in [6.45, 7) is 0.706. The molecule has 3 rings (SSSR count). The predicted molar refractivity (Wildman–Crippen MR) is 75.4 cm³/mol. The maximum absolute atomic E-state index is 12.4. The minimum atomic E-state index is 0.00431. The highest BCUT2D eigenvalue weighted by molar-refractivity contribution is 7.99. The Morgan fingerprint density at radius 1 is 1.44 bits per heavy atom. The maximum atomic E-state index is 12.4. The van der Waals surface area contributed by atoms with Crippen LogP contribution in [0.3, 0.4) is 0 Å². The number of amides is 1. The molecule has 1 aliphatic rings. The van der Waals surface area contributed by atoms with Gasteiger partial charge < -0.3 is 10.6 Å². The molecule has 1 amide bonds. The normalized spacial score (nSPS) is 14.3. The molecule has 1 aromatic heterocycles. The number of nitrogens with zero attached hydrogens (tertiary/aromatic N) is 2. The molecule has 0 spiro atoms. The molecule has 1 aromatic carbocycles. The van der Waals surface area contributed by atoms with Crippen molar-refractivity contribution in [1.29, 1.82) is 0 Å². The summed E-state index contributed by atoms with van der Waals surface area (Å²) < 4.78 is 0. The molecule has 2 N–H and O–H groups in total. The smallest absolute Gasteiger partial charge is 0.270 e. The first-order chi connectivity index (χ1) is 8.75. The van der Waals surface area contributed by atoms with Crippen molar-refractivity contribution < 1.29 is 4.79 Å². The van der Waals surface area contributed by atoms with E-state index < -0.39 is 0 Å². The van der Waals surface area contributed by atoms with Crippen LogP contribution in [0.1, 0.15) is 9.67 Å². The van der Waals surface area contributed by atoms with Crippen LogP contribution in [0.4, 0.5) is 11.4 Å². The first-order valence-corrected chi connectivity index (χ1v) is 7.35. The molecule has 0 saturated heterocycles. The van der Waals surface area contributed by atoms with E-state index in [9.17, 15) is 4.79 Å². The number of carbonyl (C=O) groups is 1. The summed E-state index contributed by atoms with van der Waals surface area (Å²) in [6, 6.07) is 5.70. The van der Waals surface area contributed by atoms with Crippen LogP contribution in [0.5, 0.6) is 0 Å². The minimum absolute atomic E-state index is 0.00431. The van der Waals surface area contributed by atoms with Gasteiger partial charge in [-0.1, -0.05) is 0 Å². The number of rotatable bonds is 1. The van der Waals surface area contributed by atoms with Crippen LogP contribution in [0.15, 0.2) is 34.8 Å². The van der Waals surface area contributed by atoms with Gasteiger partial charge in [-0.2, -0.15) is 0 Å². The molecule has 0 aliphatic carbocycles. The summed E-state index contributed by atoms with van der Waals surface area (Å²) in [6.07, 6.45) is 1.61.